The van der Waals surface area contributed by atoms with Crippen LogP contribution >= 0.6 is 15.9 Å². The maximum atomic E-state index is 12.8. The fourth-order valence-electron chi connectivity index (χ4n) is 1.42. The van der Waals surface area contributed by atoms with E-state index in [1.54, 1.807) is 20.8 Å². The summed E-state index contributed by atoms with van der Waals surface area (Å²) in [5.41, 5.74) is -1.43. The molecule has 0 bridgehead atoms. The molecule has 0 radical (unpaired) electrons. The van der Waals surface area contributed by atoms with Crippen molar-refractivity contribution in [3.05, 3.63) is 33.8 Å². The second-order valence-electron chi connectivity index (χ2n) is 5.25. The predicted molar refractivity (Wildman–Crippen MR) is 72.2 cm³/mol. The van der Waals surface area contributed by atoms with Crippen LogP contribution in [0.5, 0.6) is 0 Å². The molecular formula is C13H15BrF3NO2. The zero-order valence-electron chi connectivity index (χ0n) is 11.3. The fraction of sp³-hybridized carbons (Fsp3) is 0.462. The van der Waals surface area contributed by atoms with E-state index in [0.717, 1.165) is 6.07 Å². The third-order valence-electron chi connectivity index (χ3n) is 2.21. The Bertz CT molecular complexity index is 495. The molecule has 0 saturated carbocycles. The molecule has 0 aliphatic heterocycles. The van der Waals surface area contributed by atoms with E-state index in [1.165, 1.54) is 12.1 Å². The first-order valence-electron chi connectivity index (χ1n) is 5.79. The number of nitrogens with one attached hydrogen (secondary N) is 1. The minimum Gasteiger partial charge on any atom is -0.445 e. The third-order valence-corrected chi connectivity index (χ3v) is 2.71. The van der Waals surface area contributed by atoms with E-state index in [0.29, 0.717) is 4.47 Å². The summed E-state index contributed by atoms with van der Waals surface area (Å²) in [5, 5.41) is 2.51. The van der Waals surface area contributed by atoms with Crippen LogP contribution in [0.4, 0.5) is 18.0 Å². The number of rotatable bonds is 2. The molecule has 0 saturated heterocycles. The second-order valence-corrected chi connectivity index (χ2v) is 6.17. The topological polar surface area (TPSA) is 38.3 Å². The molecule has 20 heavy (non-hydrogen) atoms. The standard InChI is InChI=1S/C13H15BrF3NO2/c1-12(2,3)18-11(19)20-7-8-4-5-9(14)6-10(8)13(15,16)17/h4-6H,7H2,1-3H3,(H,18,19). The van der Waals surface area contributed by atoms with E-state index in [1.807, 2.05) is 0 Å². The largest absolute Gasteiger partial charge is 0.445 e. The van der Waals surface area contributed by atoms with Gasteiger partial charge in [-0.3, -0.25) is 0 Å². The van der Waals surface area contributed by atoms with Crippen molar-refractivity contribution in [2.45, 2.75) is 39.1 Å². The zero-order valence-corrected chi connectivity index (χ0v) is 12.9. The number of amides is 1. The Morgan fingerprint density at radius 3 is 2.40 bits per heavy atom. The molecule has 0 atom stereocenters. The summed E-state index contributed by atoms with van der Waals surface area (Å²) in [5.74, 6) is 0. The summed E-state index contributed by atoms with van der Waals surface area (Å²) < 4.78 is 43.7. The van der Waals surface area contributed by atoms with Crippen LogP contribution in [0.25, 0.3) is 0 Å². The highest BCUT2D eigenvalue weighted by Crippen LogP contribution is 2.34. The van der Waals surface area contributed by atoms with Gasteiger partial charge in [0.15, 0.2) is 0 Å². The molecule has 0 aliphatic rings. The minimum absolute atomic E-state index is 0.0928. The summed E-state index contributed by atoms with van der Waals surface area (Å²) in [6, 6.07) is 3.70. The van der Waals surface area contributed by atoms with Crippen LogP contribution in [0.2, 0.25) is 0 Å². The zero-order chi connectivity index (χ0) is 15.6. The van der Waals surface area contributed by atoms with E-state index in [9.17, 15) is 18.0 Å². The summed E-state index contributed by atoms with van der Waals surface area (Å²) in [4.78, 5) is 11.4. The lowest BCUT2D eigenvalue weighted by Crippen LogP contribution is -2.40. The number of halogens is 4. The molecule has 112 valence electrons. The van der Waals surface area contributed by atoms with Gasteiger partial charge in [-0.2, -0.15) is 13.2 Å². The maximum absolute atomic E-state index is 12.8. The third kappa shape index (κ3) is 5.40. The lowest BCUT2D eigenvalue weighted by molar-refractivity contribution is -0.138. The Kier molecular flexibility index (Phi) is 5.07. The Balaban J connectivity index is 2.81. The van der Waals surface area contributed by atoms with Crippen molar-refractivity contribution in [3.63, 3.8) is 0 Å². The molecule has 7 heteroatoms. The van der Waals surface area contributed by atoms with Gasteiger partial charge in [0, 0.05) is 15.6 Å². The number of alkyl carbamates (subject to hydrolysis) is 1. The number of alkyl halides is 3. The fourth-order valence-corrected chi connectivity index (χ4v) is 1.79. The van der Waals surface area contributed by atoms with Crippen LogP contribution in [-0.2, 0) is 17.5 Å². The van der Waals surface area contributed by atoms with Crippen LogP contribution in [0.15, 0.2) is 22.7 Å². The SMILES string of the molecule is CC(C)(C)NC(=O)OCc1ccc(Br)cc1C(F)(F)F. The monoisotopic (exact) mass is 353 g/mol. The number of benzene rings is 1. The van der Waals surface area contributed by atoms with Gasteiger partial charge in [0.25, 0.3) is 0 Å². The molecule has 0 fully saturated rings. The molecule has 0 aliphatic carbocycles. The van der Waals surface area contributed by atoms with Gasteiger partial charge in [-0.15, -0.1) is 0 Å². The molecule has 1 aromatic rings. The number of hydrogen-bond acceptors (Lipinski definition) is 2. The average molecular weight is 354 g/mol. The summed E-state index contributed by atoms with van der Waals surface area (Å²) in [7, 11) is 0. The Morgan fingerprint density at radius 1 is 1.30 bits per heavy atom. The number of carbonyl (C=O) groups is 1. The van der Waals surface area contributed by atoms with Crippen molar-refractivity contribution in [1.82, 2.24) is 5.32 Å². The van der Waals surface area contributed by atoms with Gasteiger partial charge in [-0.25, -0.2) is 4.79 Å². The molecule has 1 amide bonds. The molecule has 1 rings (SSSR count). The molecule has 1 N–H and O–H groups in total. The van der Waals surface area contributed by atoms with Crippen molar-refractivity contribution in [1.29, 1.82) is 0 Å². The van der Waals surface area contributed by atoms with Crippen LogP contribution in [0.3, 0.4) is 0 Å². The second kappa shape index (κ2) is 6.03. The van der Waals surface area contributed by atoms with Crippen LogP contribution in [-0.4, -0.2) is 11.6 Å². The van der Waals surface area contributed by atoms with Gasteiger partial charge >= 0.3 is 12.3 Å². The Labute approximate surface area is 123 Å². The number of ether oxygens (including phenoxy) is 1. The maximum Gasteiger partial charge on any atom is 0.416 e. The predicted octanol–water partition coefficient (Wildman–Crippen LogP) is 4.49. The normalized spacial score (nSPS) is 12.2. The van der Waals surface area contributed by atoms with Gasteiger partial charge in [0.05, 0.1) is 5.56 Å². The van der Waals surface area contributed by atoms with E-state index in [2.05, 4.69) is 21.2 Å². The number of hydrogen-bond donors (Lipinski definition) is 1. The average Bonchev–Trinajstić information content (AvgIpc) is 2.23. The first-order valence-corrected chi connectivity index (χ1v) is 6.59. The smallest absolute Gasteiger partial charge is 0.416 e. The molecule has 0 aromatic heterocycles. The summed E-state index contributed by atoms with van der Waals surface area (Å²) in [6.07, 6.45) is -5.25. The molecular weight excluding hydrogens is 339 g/mol. The molecule has 1 aromatic carbocycles. The Morgan fingerprint density at radius 2 is 1.90 bits per heavy atom. The highest BCUT2D eigenvalue weighted by Gasteiger charge is 2.33. The quantitative estimate of drug-likeness (QED) is 0.850. The van der Waals surface area contributed by atoms with Gasteiger partial charge in [-0.1, -0.05) is 22.0 Å². The molecule has 0 spiro atoms. The van der Waals surface area contributed by atoms with Crippen molar-refractivity contribution in [2.75, 3.05) is 0 Å². The van der Waals surface area contributed by atoms with Crippen molar-refractivity contribution >= 4 is 22.0 Å². The molecule has 0 unspecified atom stereocenters. The lowest BCUT2D eigenvalue weighted by atomic mass is 10.1. The highest BCUT2D eigenvalue weighted by molar-refractivity contribution is 9.10. The van der Waals surface area contributed by atoms with Crippen LogP contribution in [0, 0.1) is 0 Å². The lowest BCUT2D eigenvalue weighted by Gasteiger charge is -2.20. The molecule has 3 nitrogen and oxygen atoms in total. The summed E-state index contributed by atoms with van der Waals surface area (Å²) in [6.45, 7) is 4.79. The first-order chi connectivity index (χ1) is 8.99. The molecule has 0 heterocycles. The van der Waals surface area contributed by atoms with Gasteiger partial charge in [0.2, 0.25) is 0 Å². The van der Waals surface area contributed by atoms with Gasteiger partial charge in [-0.05, 0) is 32.9 Å². The van der Waals surface area contributed by atoms with Gasteiger partial charge in [0.1, 0.15) is 6.61 Å². The van der Waals surface area contributed by atoms with E-state index in [-0.39, 0.29) is 5.56 Å². The Hall–Kier alpha value is -1.24. The van der Waals surface area contributed by atoms with Gasteiger partial charge < -0.3 is 10.1 Å². The first kappa shape index (κ1) is 16.8. The van der Waals surface area contributed by atoms with Crippen molar-refractivity contribution in [2.24, 2.45) is 0 Å². The number of carbonyl (C=O) groups excluding carboxylic acids is 1. The van der Waals surface area contributed by atoms with E-state index < -0.39 is 30.0 Å². The van der Waals surface area contributed by atoms with Crippen LogP contribution in [0.1, 0.15) is 31.9 Å². The van der Waals surface area contributed by atoms with E-state index in [4.69, 9.17) is 4.74 Å². The highest BCUT2D eigenvalue weighted by atomic mass is 79.9. The van der Waals surface area contributed by atoms with E-state index >= 15 is 0 Å². The van der Waals surface area contributed by atoms with Crippen molar-refractivity contribution < 1.29 is 22.7 Å². The van der Waals surface area contributed by atoms with Crippen LogP contribution < -0.4 is 5.32 Å². The van der Waals surface area contributed by atoms with Crippen molar-refractivity contribution in [3.8, 4) is 0 Å². The minimum atomic E-state index is -4.50. The summed E-state index contributed by atoms with van der Waals surface area (Å²) >= 11 is 2.99.